The van der Waals surface area contributed by atoms with Crippen LogP contribution in [-0.2, 0) is 0 Å². The molecule has 0 unspecified atom stereocenters. The van der Waals surface area contributed by atoms with Gasteiger partial charge in [0.15, 0.2) is 0 Å². The maximum atomic E-state index is 2.90. The van der Waals surface area contributed by atoms with Crippen LogP contribution in [0.3, 0.4) is 0 Å². The van der Waals surface area contributed by atoms with Gasteiger partial charge in [0.2, 0.25) is 0 Å². The van der Waals surface area contributed by atoms with Crippen molar-refractivity contribution in [3.8, 4) is 0 Å². The van der Waals surface area contributed by atoms with Crippen LogP contribution in [0, 0.1) is 64.1 Å². The summed E-state index contributed by atoms with van der Waals surface area (Å²) < 4.78 is 0. The second-order valence-electron chi connectivity index (χ2n) is 12.7. The van der Waals surface area contributed by atoms with Crippen molar-refractivity contribution in [3.05, 3.63) is 6.42 Å². The second kappa shape index (κ2) is 6.25. The topological polar surface area (TPSA) is 0 Å². The zero-order valence-corrected chi connectivity index (χ0v) is 18.9. The predicted octanol–water partition coefficient (Wildman–Crippen LogP) is 7.92. The molecule has 0 nitrogen and oxygen atoms in total. The number of hydrogen-bond donors (Lipinski definition) is 0. The first-order valence-electron chi connectivity index (χ1n) is 12.7. The van der Waals surface area contributed by atoms with E-state index in [1.54, 1.807) is 38.5 Å². The Hall–Kier alpha value is 0. The second-order valence-corrected chi connectivity index (χ2v) is 12.7. The van der Waals surface area contributed by atoms with Crippen molar-refractivity contribution < 1.29 is 0 Å². The van der Waals surface area contributed by atoms with Gasteiger partial charge in [0.05, 0.1) is 0 Å². The lowest BCUT2D eigenvalue weighted by Gasteiger charge is -2.59. The molecule has 5 aliphatic carbocycles. The van der Waals surface area contributed by atoms with E-state index in [0.29, 0.717) is 16.2 Å². The minimum atomic E-state index is 0.661. The largest absolute Gasteiger partial charge is 0.0628 e. The summed E-state index contributed by atoms with van der Waals surface area (Å²) in [6, 6.07) is 0. The molecule has 0 heteroatoms. The molecule has 0 N–H and O–H groups in total. The number of rotatable bonds is 5. The summed E-state index contributed by atoms with van der Waals surface area (Å²) in [5, 5.41) is 0. The highest BCUT2D eigenvalue weighted by Crippen LogP contribution is 2.81. The van der Waals surface area contributed by atoms with E-state index in [-0.39, 0.29) is 0 Å². The molecule has 153 valence electrons. The molecule has 5 saturated carbocycles. The van der Waals surface area contributed by atoms with Crippen LogP contribution in [-0.4, -0.2) is 0 Å². The molecule has 5 fully saturated rings. The molecule has 1 spiro atoms. The fraction of sp³-hybridized carbons (Fsp3) is 0.963. The van der Waals surface area contributed by atoms with Crippen LogP contribution in [0.4, 0.5) is 0 Å². The summed E-state index contributed by atoms with van der Waals surface area (Å²) in [6.45, 7) is 12.9. The van der Waals surface area contributed by atoms with Crippen LogP contribution >= 0.6 is 0 Å². The standard InChI is InChI=1S/C27H45/c1-18(2)7-6-8-19(3)22-9-10-23-21-12-16-27-17-20(27)11-15-26(27,5)24(21)13-14-25(22,23)4/h16,18-24H,6-15,17H2,1-5H3/t19-,20+,21+,22-,23+,24+,25-,26-,27+/m1/s1. The lowest BCUT2D eigenvalue weighted by Crippen LogP contribution is -2.52. The summed E-state index contributed by atoms with van der Waals surface area (Å²) in [5.74, 6) is 7.06. The third-order valence-corrected chi connectivity index (χ3v) is 11.4. The maximum absolute atomic E-state index is 2.90. The Kier molecular flexibility index (Phi) is 4.39. The summed E-state index contributed by atoms with van der Waals surface area (Å²) in [5.41, 5.74) is 2.06. The van der Waals surface area contributed by atoms with Gasteiger partial charge in [0.25, 0.3) is 0 Å². The molecule has 0 amide bonds. The molecule has 5 rings (SSSR count). The first-order chi connectivity index (χ1) is 12.8. The quantitative estimate of drug-likeness (QED) is 0.461. The Morgan fingerprint density at radius 2 is 1.74 bits per heavy atom. The molecule has 0 heterocycles. The van der Waals surface area contributed by atoms with Crippen LogP contribution in [0.15, 0.2) is 0 Å². The summed E-state index contributed by atoms with van der Waals surface area (Å²) in [4.78, 5) is 0. The highest BCUT2D eigenvalue weighted by Gasteiger charge is 2.73. The molecule has 0 aliphatic heterocycles. The maximum Gasteiger partial charge on any atom is -0.0178 e. The van der Waals surface area contributed by atoms with Crippen molar-refractivity contribution >= 4 is 0 Å². The van der Waals surface area contributed by atoms with Crippen LogP contribution in [0.2, 0.25) is 0 Å². The highest BCUT2D eigenvalue weighted by atomic mass is 14.8. The van der Waals surface area contributed by atoms with Crippen LogP contribution in [0.5, 0.6) is 0 Å². The molecule has 27 heavy (non-hydrogen) atoms. The SMILES string of the molecule is CC(C)CCC[C@@H](C)[C@H]1CC[C@H]2[C@@H]3C[CH][C@]45C[C@@H]4CC[C@]5(C)[C@H]3CC[C@]12C. The van der Waals surface area contributed by atoms with Gasteiger partial charge in [-0.05, 0) is 115 Å². The monoisotopic (exact) mass is 369 g/mol. The third kappa shape index (κ3) is 2.53. The van der Waals surface area contributed by atoms with Gasteiger partial charge in [-0.2, -0.15) is 0 Å². The predicted molar refractivity (Wildman–Crippen MR) is 115 cm³/mol. The van der Waals surface area contributed by atoms with Gasteiger partial charge in [-0.1, -0.05) is 53.9 Å². The van der Waals surface area contributed by atoms with E-state index in [2.05, 4.69) is 41.0 Å². The average Bonchev–Trinajstić information content (AvgIpc) is 3.09. The summed E-state index contributed by atoms with van der Waals surface area (Å²) in [6.07, 6.45) is 19.6. The van der Waals surface area contributed by atoms with E-state index < -0.39 is 0 Å². The van der Waals surface area contributed by atoms with Gasteiger partial charge in [0.1, 0.15) is 0 Å². The first kappa shape index (κ1) is 19.0. The molecule has 0 aromatic rings. The molecule has 1 radical (unpaired) electrons. The van der Waals surface area contributed by atoms with Crippen LogP contribution in [0.25, 0.3) is 0 Å². The van der Waals surface area contributed by atoms with Crippen molar-refractivity contribution in [1.82, 2.24) is 0 Å². The molecule has 0 bridgehead atoms. The van der Waals surface area contributed by atoms with Crippen molar-refractivity contribution in [2.45, 2.75) is 105 Å². The fourth-order valence-electron chi connectivity index (χ4n) is 9.91. The Balaban J connectivity index is 1.31. The molecule has 5 aliphatic rings. The molecule has 9 atom stereocenters. The van der Waals surface area contributed by atoms with E-state index in [0.717, 1.165) is 41.4 Å². The van der Waals surface area contributed by atoms with Crippen molar-refractivity contribution in [3.63, 3.8) is 0 Å². The van der Waals surface area contributed by atoms with E-state index >= 15 is 0 Å². The Bertz CT molecular complexity index is 577. The number of fused-ring (bicyclic) bond motifs is 4. The minimum absolute atomic E-state index is 0.661. The lowest BCUT2D eigenvalue weighted by atomic mass is 9.46. The molecular weight excluding hydrogens is 324 g/mol. The van der Waals surface area contributed by atoms with E-state index in [1.807, 2.05) is 0 Å². The van der Waals surface area contributed by atoms with Gasteiger partial charge in [-0.3, -0.25) is 0 Å². The van der Waals surface area contributed by atoms with Gasteiger partial charge in [0, 0.05) is 0 Å². The smallest absolute Gasteiger partial charge is 0.0178 e. The zero-order valence-electron chi connectivity index (χ0n) is 18.9. The van der Waals surface area contributed by atoms with Crippen LogP contribution in [0.1, 0.15) is 105 Å². The van der Waals surface area contributed by atoms with Crippen molar-refractivity contribution in [1.29, 1.82) is 0 Å². The Morgan fingerprint density at radius 1 is 0.926 bits per heavy atom. The molecular formula is C27H45. The fourth-order valence-corrected chi connectivity index (χ4v) is 9.91. The highest BCUT2D eigenvalue weighted by molar-refractivity contribution is 5.28. The Labute approximate surface area is 169 Å². The van der Waals surface area contributed by atoms with Gasteiger partial charge in [-0.15, -0.1) is 0 Å². The zero-order chi connectivity index (χ0) is 19.0. The van der Waals surface area contributed by atoms with Gasteiger partial charge >= 0.3 is 0 Å². The molecule has 0 aromatic carbocycles. The van der Waals surface area contributed by atoms with Gasteiger partial charge in [-0.25, -0.2) is 0 Å². The minimum Gasteiger partial charge on any atom is -0.0628 e. The Morgan fingerprint density at radius 3 is 2.48 bits per heavy atom. The average molecular weight is 370 g/mol. The van der Waals surface area contributed by atoms with E-state index in [9.17, 15) is 0 Å². The van der Waals surface area contributed by atoms with E-state index in [1.165, 1.54) is 32.1 Å². The molecule has 0 saturated heterocycles. The third-order valence-electron chi connectivity index (χ3n) is 11.4. The van der Waals surface area contributed by atoms with Crippen LogP contribution < -0.4 is 0 Å². The number of hydrogen-bond acceptors (Lipinski definition) is 0. The van der Waals surface area contributed by atoms with Crippen molar-refractivity contribution in [2.24, 2.45) is 57.7 Å². The lowest BCUT2D eigenvalue weighted by molar-refractivity contribution is -0.0858. The summed E-state index contributed by atoms with van der Waals surface area (Å²) >= 11 is 0. The molecule has 0 aromatic heterocycles. The van der Waals surface area contributed by atoms with Crippen molar-refractivity contribution in [2.75, 3.05) is 0 Å². The van der Waals surface area contributed by atoms with E-state index in [4.69, 9.17) is 0 Å². The first-order valence-corrected chi connectivity index (χ1v) is 12.7. The summed E-state index contributed by atoms with van der Waals surface area (Å²) in [7, 11) is 0. The van der Waals surface area contributed by atoms with Gasteiger partial charge < -0.3 is 0 Å². The normalized spacial score (nSPS) is 54.2.